The van der Waals surface area contributed by atoms with Gasteiger partial charge in [-0.1, -0.05) is 20.8 Å². The fourth-order valence-electron chi connectivity index (χ4n) is 1.67. The molecule has 0 amide bonds. The van der Waals surface area contributed by atoms with Crippen LogP contribution in [0.25, 0.3) is 0 Å². The van der Waals surface area contributed by atoms with Gasteiger partial charge < -0.3 is 14.8 Å². The van der Waals surface area contributed by atoms with Crippen LogP contribution in [-0.2, 0) is 0 Å². The highest BCUT2D eigenvalue weighted by Crippen LogP contribution is 2.29. The molecule has 1 heterocycles. The standard InChI is InChI=1S/C12H17NO4/c1-12(2,3)10(7-14)13-5-4-9(15)8(6-13)11(16)17/h4-6,10,14H,7H2,1-3H3,(H,16,17)/t10-/m0/s1. The zero-order chi connectivity index (χ0) is 13.2. The number of nitrogens with zero attached hydrogens (tertiary/aromatic N) is 1. The van der Waals surface area contributed by atoms with E-state index >= 15 is 0 Å². The smallest absolute Gasteiger partial charge is 0.341 e. The molecule has 0 spiro atoms. The second kappa shape index (κ2) is 4.71. The number of hydrogen-bond donors (Lipinski definition) is 2. The van der Waals surface area contributed by atoms with Crippen molar-refractivity contribution in [3.8, 4) is 0 Å². The van der Waals surface area contributed by atoms with Crippen molar-refractivity contribution < 1.29 is 15.0 Å². The number of pyridine rings is 1. The lowest BCUT2D eigenvalue weighted by Gasteiger charge is -2.31. The molecule has 5 heteroatoms. The highest BCUT2D eigenvalue weighted by Gasteiger charge is 2.25. The SMILES string of the molecule is CC(C)(C)[C@H](CO)n1ccc(=O)c(C(=O)O)c1. The number of carboxylic acids is 1. The van der Waals surface area contributed by atoms with Crippen molar-refractivity contribution in [1.29, 1.82) is 0 Å². The predicted molar refractivity (Wildman–Crippen MR) is 63.2 cm³/mol. The van der Waals surface area contributed by atoms with Crippen molar-refractivity contribution in [3.63, 3.8) is 0 Å². The fourth-order valence-corrected chi connectivity index (χ4v) is 1.67. The molecule has 1 rings (SSSR count). The van der Waals surface area contributed by atoms with Gasteiger partial charge in [0, 0.05) is 18.5 Å². The molecule has 0 aliphatic carbocycles. The highest BCUT2D eigenvalue weighted by atomic mass is 16.4. The minimum absolute atomic E-state index is 0.120. The normalized spacial score (nSPS) is 13.4. The molecule has 1 aromatic heterocycles. The molecule has 94 valence electrons. The van der Waals surface area contributed by atoms with Gasteiger partial charge in [-0.05, 0) is 5.41 Å². The monoisotopic (exact) mass is 239 g/mol. The zero-order valence-electron chi connectivity index (χ0n) is 10.2. The molecule has 5 nitrogen and oxygen atoms in total. The lowest BCUT2D eigenvalue weighted by atomic mass is 9.87. The van der Waals surface area contributed by atoms with Gasteiger partial charge in [-0.25, -0.2) is 4.79 Å². The number of aromatic nitrogens is 1. The number of aliphatic hydroxyl groups excluding tert-OH is 1. The molecule has 0 unspecified atom stereocenters. The second-order valence-electron chi connectivity index (χ2n) is 5.04. The van der Waals surface area contributed by atoms with Gasteiger partial charge in [0.25, 0.3) is 0 Å². The fraction of sp³-hybridized carbons (Fsp3) is 0.500. The Labute approximate surface area is 99.3 Å². The van der Waals surface area contributed by atoms with Crippen LogP contribution in [0.2, 0.25) is 0 Å². The first-order valence-electron chi connectivity index (χ1n) is 5.33. The van der Waals surface area contributed by atoms with E-state index in [-0.39, 0.29) is 23.6 Å². The van der Waals surface area contributed by atoms with E-state index in [0.717, 1.165) is 0 Å². The van der Waals surface area contributed by atoms with Gasteiger partial charge in [0.1, 0.15) is 5.56 Å². The number of carbonyl (C=O) groups is 1. The molecule has 1 aromatic rings. The van der Waals surface area contributed by atoms with Crippen molar-refractivity contribution in [2.75, 3.05) is 6.61 Å². The maximum atomic E-state index is 11.3. The third-order valence-corrected chi connectivity index (χ3v) is 2.70. The van der Waals surface area contributed by atoms with Gasteiger partial charge in [0.15, 0.2) is 5.43 Å². The van der Waals surface area contributed by atoms with Gasteiger partial charge in [0.05, 0.1) is 12.6 Å². The lowest BCUT2D eigenvalue weighted by Crippen LogP contribution is -2.29. The van der Waals surface area contributed by atoms with E-state index in [4.69, 9.17) is 5.11 Å². The molecule has 2 N–H and O–H groups in total. The number of carboxylic acid groups (broad SMARTS) is 1. The summed E-state index contributed by atoms with van der Waals surface area (Å²) in [4.78, 5) is 22.2. The van der Waals surface area contributed by atoms with Crippen molar-refractivity contribution in [2.45, 2.75) is 26.8 Å². The molecule has 0 aromatic carbocycles. The van der Waals surface area contributed by atoms with E-state index in [1.54, 1.807) is 4.57 Å². The van der Waals surface area contributed by atoms with Crippen LogP contribution in [0.3, 0.4) is 0 Å². The first kappa shape index (κ1) is 13.4. The van der Waals surface area contributed by atoms with E-state index in [1.165, 1.54) is 18.5 Å². The maximum Gasteiger partial charge on any atom is 0.341 e. The van der Waals surface area contributed by atoms with Crippen molar-refractivity contribution in [3.05, 3.63) is 34.2 Å². The second-order valence-corrected chi connectivity index (χ2v) is 5.04. The summed E-state index contributed by atoms with van der Waals surface area (Å²) in [5, 5.41) is 18.2. The molecule has 0 aliphatic heterocycles. The summed E-state index contributed by atoms with van der Waals surface area (Å²) in [5.41, 5.74) is -1.05. The molecule has 0 radical (unpaired) electrons. The summed E-state index contributed by atoms with van der Waals surface area (Å²) in [6.07, 6.45) is 2.78. The summed E-state index contributed by atoms with van der Waals surface area (Å²) in [6, 6.07) is 0.930. The molecular formula is C12H17NO4. The Balaban J connectivity index is 3.28. The van der Waals surface area contributed by atoms with E-state index < -0.39 is 11.4 Å². The van der Waals surface area contributed by atoms with Gasteiger partial charge in [-0.3, -0.25) is 4.79 Å². The molecule has 0 fully saturated rings. The van der Waals surface area contributed by atoms with E-state index in [9.17, 15) is 14.7 Å². The maximum absolute atomic E-state index is 11.3. The number of rotatable bonds is 3. The molecule has 0 bridgehead atoms. The van der Waals surface area contributed by atoms with E-state index in [1.807, 2.05) is 20.8 Å². The van der Waals surface area contributed by atoms with Crippen molar-refractivity contribution in [1.82, 2.24) is 4.57 Å². The quantitative estimate of drug-likeness (QED) is 0.828. The Morgan fingerprint density at radius 1 is 1.47 bits per heavy atom. The largest absolute Gasteiger partial charge is 0.477 e. The lowest BCUT2D eigenvalue weighted by molar-refractivity contribution is 0.0692. The molecule has 0 saturated heterocycles. The Hall–Kier alpha value is -1.62. The van der Waals surface area contributed by atoms with E-state index in [2.05, 4.69) is 0 Å². The van der Waals surface area contributed by atoms with Crippen molar-refractivity contribution >= 4 is 5.97 Å². The van der Waals surface area contributed by atoms with Crippen LogP contribution in [0.1, 0.15) is 37.2 Å². The van der Waals surface area contributed by atoms with Crippen LogP contribution in [0.4, 0.5) is 0 Å². The van der Waals surface area contributed by atoms with Gasteiger partial charge in [-0.15, -0.1) is 0 Å². The number of aliphatic hydroxyl groups is 1. The summed E-state index contributed by atoms with van der Waals surface area (Å²) in [7, 11) is 0. The first-order valence-corrected chi connectivity index (χ1v) is 5.33. The van der Waals surface area contributed by atoms with Crippen LogP contribution in [0.5, 0.6) is 0 Å². The molecule has 1 atom stereocenters. The summed E-state index contributed by atoms with van der Waals surface area (Å²) in [5.74, 6) is -1.25. The van der Waals surface area contributed by atoms with Crippen LogP contribution < -0.4 is 5.43 Å². The average molecular weight is 239 g/mol. The summed E-state index contributed by atoms with van der Waals surface area (Å²) in [6.45, 7) is 5.69. The Bertz CT molecular complexity index is 470. The van der Waals surface area contributed by atoms with E-state index in [0.29, 0.717) is 0 Å². The Morgan fingerprint density at radius 2 is 2.06 bits per heavy atom. The highest BCUT2D eigenvalue weighted by molar-refractivity contribution is 5.86. The van der Waals surface area contributed by atoms with Crippen molar-refractivity contribution in [2.24, 2.45) is 5.41 Å². The Kier molecular flexibility index (Phi) is 3.72. The average Bonchev–Trinajstić information content (AvgIpc) is 2.19. The van der Waals surface area contributed by atoms with Crippen LogP contribution in [-0.4, -0.2) is 27.4 Å². The third-order valence-electron chi connectivity index (χ3n) is 2.70. The minimum atomic E-state index is -1.25. The van der Waals surface area contributed by atoms with Gasteiger partial charge in [0.2, 0.25) is 0 Å². The topological polar surface area (TPSA) is 79.5 Å². The Morgan fingerprint density at radius 3 is 2.47 bits per heavy atom. The first-order chi connectivity index (χ1) is 7.77. The molecule has 0 aliphatic rings. The van der Waals surface area contributed by atoms with Gasteiger partial charge >= 0.3 is 5.97 Å². The van der Waals surface area contributed by atoms with Gasteiger partial charge in [-0.2, -0.15) is 0 Å². The van der Waals surface area contributed by atoms with Crippen LogP contribution in [0.15, 0.2) is 23.3 Å². The zero-order valence-corrected chi connectivity index (χ0v) is 10.2. The van der Waals surface area contributed by atoms with Crippen LogP contribution >= 0.6 is 0 Å². The minimum Gasteiger partial charge on any atom is -0.477 e. The molecule has 0 saturated carbocycles. The summed E-state index contributed by atoms with van der Waals surface area (Å²) < 4.78 is 1.57. The number of aromatic carboxylic acids is 1. The van der Waals surface area contributed by atoms with Crippen LogP contribution in [0, 0.1) is 5.41 Å². The summed E-state index contributed by atoms with van der Waals surface area (Å²) >= 11 is 0. The predicted octanol–water partition coefficient (Wildman–Crippen LogP) is 1.13. The number of hydrogen-bond acceptors (Lipinski definition) is 3. The molecule has 17 heavy (non-hydrogen) atoms. The third kappa shape index (κ3) is 2.94. The molecular weight excluding hydrogens is 222 g/mol.